The van der Waals surface area contributed by atoms with Crippen LogP contribution in [0.1, 0.15) is 42.1 Å². The number of benzene rings is 1. The van der Waals surface area contributed by atoms with Crippen molar-refractivity contribution in [2.75, 3.05) is 26.4 Å². The molecule has 0 saturated carbocycles. The topological polar surface area (TPSA) is 64.6 Å². The second-order valence-electron chi connectivity index (χ2n) is 5.87. The molecule has 1 fully saturated rings. The molecule has 0 spiro atoms. The van der Waals surface area contributed by atoms with Crippen LogP contribution in [0.3, 0.4) is 0 Å². The average Bonchev–Trinajstić information content (AvgIpc) is 3.06. The summed E-state index contributed by atoms with van der Waals surface area (Å²) in [7, 11) is 0. The van der Waals surface area contributed by atoms with Crippen molar-refractivity contribution in [3.8, 4) is 5.75 Å². The van der Waals surface area contributed by atoms with Crippen molar-refractivity contribution >= 4 is 11.7 Å². The fourth-order valence-electron chi connectivity index (χ4n) is 2.60. The van der Waals surface area contributed by atoms with Crippen LogP contribution < -0.4 is 10.1 Å². The molecule has 5 heteroatoms. The quantitative estimate of drug-likeness (QED) is 0.748. The SMILES string of the molecule is CCOc1ccc(C(=O)CCC(=O)NCC2CCOC2)cc1C. The molecule has 1 aromatic carbocycles. The summed E-state index contributed by atoms with van der Waals surface area (Å²) >= 11 is 0. The van der Waals surface area contributed by atoms with E-state index in [0.717, 1.165) is 24.3 Å². The van der Waals surface area contributed by atoms with Gasteiger partial charge in [-0.05, 0) is 44.0 Å². The molecule has 1 N–H and O–H groups in total. The lowest BCUT2D eigenvalue weighted by Gasteiger charge is -2.10. The number of Topliss-reactive ketones (excluding diaryl/α,β-unsaturated/α-hetero) is 1. The average molecular weight is 319 g/mol. The number of ketones is 1. The van der Waals surface area contributed by atoms with Gasteiger partial charge in [0.05, 0.1) is 13.2 Å². The van der Waals surface area contributed by atoms with Gasteiger partial charge in [-0.2, -0.15) is 0 Å². The molecule has 5 nitrogen and oxygen atoms in total. The first kappa shape index (κ1) is 17.5. The molecule has 1 saturated heterocycles. The maximum absolute atomic E-state index is 12.2. The van der Waals surface area contributed by atoms with Crippen LogP contribution in [0.2, 0.25) is 0 Å². The van der Waals surface area contributed by atoms with Gasteiger partial charge in [0.1, 0.15) is 5.75 Å². The number of carbonyl (C=O) groups excluding carboxylic acids is 2. The minimum absolute atomic E-state index is 0.0181. The molecule has 1 amide bonds. The van der Waals surface area contributed by atoms with E-state index in [-0.39, 0.29) is 24.5 Å². The number of hydrogen-bond donors (Lipinski definition) is 1. The molecule has 0 bridgehead atoms. The number of hydrogen-bond acceptors (Lipinski definition) is 4. The van der Waals surface area contributed by atoms with Crippen molar-refractivity contribution in [1.82, 2.24) is 5.32 Å². The van der Waals surface area contributed by atoms with E-state index in [1.165, 1.54) is 0 Å². The number of carbonyl (C=O) groups is 2. The fraction of sp³-hybridized carbons (Fsp3) is 0.556. The third kappa shape index (κ3) is 5.36. The zero-order valence-electron chi connectivity index (χ0n) is 13.9. The lowest BCUT2D eigenvalue weighted by molar-refractivity contribution is -0.121. The molecule has 1 aliphatic rings. The Labute approximate surface area is 137 Å². The Balaban J connectivity index is 1.77. The lowest BCUT2D eigenvalue weighted by Crippen LogP contribution is -2.29. The van der Waals surface area contributed by atoms with E-state index in [0.29, 0.717) is 31.2 Å². The van der Waals surface area contributed by atoms with Gasteiger partial charge in [-0.3, -0.25) is 9.59 Å². The highest BCUT2D eigenvalue weighted by Gasteiger charge is 2.17. The Kier molecular flexibility index (Phi) is 6.59. The normalized spacial score (nSPS) is 17.0. The molecule has 0 radical (unpaired) electrons. The number of nitrogens with one attached hydrogen (secondary N) is 1. The van der Waals surface area contributed by atoms with Crippen LogP contribution in [0.25, 0.3) is 0 Å². The van der Waals surface area contributed by atoms with E-state index in [2.05, 4.69) is 5.32 Å². The van der Waals surface area contributed by atoms with Crippen molar-refractivity contribution in [3.05, 3.63) is 29.3 Å². The molecule has 1 unspecified atom stereocenters. The Hall–Kier alpha value is -1.88. The van der Waals surface area contributed by atoms with Crippen LogP contribution in [-0.2, 0) is 9.53 Å². The van der Waals surface area contributed by atoms with Gasteiger partial charge >= 0.3 is 0 Å². The zero-order valence-corrected chi connectivity index (χ0v) is 13.9. The molecule has 0 aliphatic carbocycles. The molecule has 1 heterocycles. The van der Waals surface area contributed by atoms with Crippen LogP contribution in [-0.4, -0.2) is 38.1 Å². The van der Waals surface area contributed by atoms with E-state index >= 15 is 0 Å². The van der Waals surface area contributed by atoms with Gasteiger partial charge in [0, 0.05) is 37.5 Å². The van der Waals surface area contributed by atoms with E-state index < -0.39 is 0 Å². The highest BCUT2D eigenvalue weighted by atomic mass is 16.5. The summed E-state index contributed by atoms with van der Waals surface area (Å²) in [4.78, 5) is 24.0. The standard InChI is InChI=1S/C18H25NO4/c1-3-23-17-6-4-15(10-13(17)2)16(20)5-7-18(21)19-11-14-8-9-22-12-14/h4,6,10,14H,3,5,7-9,11-12H2,1-2H3,(H,19,21). The second kappa shape index (κ2) is 8.67. The summed E-state index contributed by atoms with van der Waals surface area (Å²) in [6, 6.07) is 5.39. The predicted molar refractivity (Wildman–Crippen MR) is 87.8 cm³/mol. The lowest BCUT2D eigenvalue weighted by atomic mass is 10.0. The van der Waals surface area contributed by atoms with Gasteiger partial charge in [-0.15, -0.1) is 0 Å². The van der Waals surface area contributed by atoms with Crippen LogP contribution >= 0.6 is 0 Å². The number of ether oxygens (including phenoxy) is 2. The fourth-order valence-corrected chi connectivity index (χ4v) is 2.60. The first-order valence-electron chi connectivity index (χ1n) is 8.21. The van der Waals surface area contributed by atoms with Gasteiger partial charge in [0.15, 0.2) is 5.78 Å². The van der Waals surface area contributed by atoms with Crippen molar-refractivity contribution in [1.29, 1.82) is 0 Å². The molecule has 1 aromatic rings. The van der Waals surface area contributed by atoms with Crippen LogP contribution in [0.15, 0.2) is 18.2 Å². The minimum atomic E-state index is -0.0760. The highest BCUT2D eigenvalue weighted by Crippen LogP contribution is 2.20. The summed E-state index contributed by atoms with van der Waals surface area (Å²) in [6.07, 6.45) is 1.43. The summed E-state index contributed by atoms with van der Waals surface area (Å²) in [5.74, 6) is 1.10. The Morgan fingerprint density at radius 3 is 2.83 bits per heavy atom. The third-order valence-electron chi connectivity index (χ3n) is 3.99. The van der Waals surface area contributed by atoms with Crippen LogP contribution in [0.4, 0.5) is 0 Å². The van der Waals surface area contributed by atoms with E-state index in [1.807, 2.05) is 26.0 Å². The summed E-state index contributed by atoms with van der Waals surface area (Å²) in [5, 5.41) is 2.88. The molecule has 1 atom stereocenters. The summed E-state index contributed by atoms with van der Waals surface area (Å²) < 4.78 is 10.7. The smallest absolute Gasteiger partial charge is 0.220 e. The maximum Gasteiger partial charge on any atom is 0.220 e. The monoisotopic (exact) mass is 319 g/mol. The van der Waals surface area contributed by atoms with Crippen LogP contribution in [0.5, 0.6) is 5.75 Å². The summed E-state index contributed by atoms with van der Waals surface area (Å²) in [5.41, 5.74) is 1.56. The van der Waals surface area contributed by atoms with Gasteiger partial charge in [0.2, 0.25) is 5.91 Å². The van der Waals surface area contributed by atoms with Gasteiger partial charge < -0.3 is 14.8 Å². The number of aryl methyl sites for hydroxylation is 1. The molecule has 23 heavy (non-hydrogen) atoms. The number of amides is 1. The Morgan fingerprint density at radius 2 is 2.17 bits per heavy atom. The molecular formula is C18H25NO4. The Bertz CT molecular complexity index is 550. The van der Waals surface area contributed by atoms with Gasteiger partial charge in [0.25, 0.3) is 0 Å². The maximum atomic E-state index is 12.2. The molecule has 2 rings (SSSR count). The predicted octanol–water partition coefficient (Wildman–Crippen LogP) is 2.51. The third-order valence-corrected chi connectivity index (χ3v) is 3.99. The highest BCUT2D eigenvalue weighted by molar-refractivity contribution is 5.98. The molecular weight excluding hydrogens is 294 g/mol. The van der Waals surface area contributed by atoms with E-state index in [4.69, 9.17) is 9.47 Å². The van der Waals surface area contributed by atoms with E-state index in [1.54, 1.807) is 6.07 Å². The van der Waals surface area contributed by atoms with Crippen molar-refractivity contribution in [2.24, 2.45) is 5.92 Å². The Morgan fingerprint density at radius 1 is 1.35 bits per heavy atom. The first-order chi connectivity index (χ1) is 11.1. The first-order valence-corrected chi connectivity index (χ1v) is 8.21. The van der Waals surface area contributed by atoms with Gasteiger partial charge in [-0.25, -0.2) is 0 Å². The van der Waals surface area contributed by atoms with E-state index in [9.17, 15) is 9.59 Å². The van der Waals surface area contributed by atoms with Gasteiger partial charge in [-0.1, -0.05) is 0 Å². The second-order valence-corrected chi connectivity index (χ2v) is 5.87. The zero-order chi connectivity index (χ0) is 16.7. The largest absolute Gasteiger partial charge is 0.494 e. The molecule has 0 aromatic heterocycles. The van der Waals surface area contributed by atoms with Crippen molar-refractivity contribution < 1.29 is 19.1 Å². The summed E-state index contributed by atoms with van der Waals surface area (Å²) in [6.45, 7) is 6.56. The minimum Gasteiger partial charge on any atom is -0.494 e. The van der Waals surface area contributed by atoms with Crippen molar-refractivity contribution in [2.45, 2.75) is 33.1 Å². The van der Waals surface area contributed by atoms with Crippen LogP contribution in [0, 0.1) is 12.8 Å². The van der Waals surface area contributed by atoms with Crippen molar-refractivity contribution in [3.63, 3.8) is 0 Å². The number of rotatable bonds is 8. The molecule has 126 valence electrons. The molecule has 1 aliphatic heterocycles.